The topological polar surface area (TPSA) is 27.7 Å². The maximum Gasteiger partial charge on any atom is 0.0916 e. The van der Waals surface area contributed by atoms with Gasteiger partial charge < -0.3 is 9.47 Å². The van der Waals surface area contributed by atoms with Gasteiger partial charge in [0.05, 0.1) is 38.3 Å². The van der Waals surface area contributed by atoms with Crippen molar-refractivity contribution in [1.82, 2.24) is 0 Å². The lowest BCUT2D eigenvalue weighted by molar-refractivity contribution is 0.0560. The lowest BCUT2D eigenvalue weighted by Crippen LogP contribution is -2.05. The van der Waals surface area contributed by atoms with Gasteiger partial charge in [-0.3, -0.25) is 4.29 Å². The highest BCUT2D eigenvalue weighted by Gasteiger charge is 1.85. The molecule has 0 radical (unpaired) electrons. The molecule has 0 spiro atoms. The molecule has 9 heavy (non-hydrogen) atoms. The molecule has 0 amide bonds. The Hall–Kier alpha value is 0.170. The fourth-order valence-electron chi connectivity index (χ4n) is 0.335. The third-order valence-electron chi connectivity index (χ3n) is 0.737. The van der Waals surface area contributed by atoms with Crippen LogP contribution in [0.2, 0.25) is 0 Å². The fraction of sp³-hybridized carbons (Fsp3) is 1.00. The maximum absolute atomic E-state index is 4.98. The van der Waals surface area contributed by atoms with Gasteiger partial charge in [-0.15, -0.1) is 0 Å². The van der Waals surface area contributed by atoms with E-state index in [0.29, 0.717) is 26.4 Å². The van der Waals surface area contributed by atoms with Gasteiger partial charge in [-0.25, -0.2) is 0 Å². The zero-order valence-electron chi connectivity index (χ0n) is 5.43. The highest BCUT2D eigenvalue weighted by atomic mass is 35.5. The first-order valence-electron chi connectivity index (χ1n) is 2.72. The van der Waals surface area contributed by atoms with E-state index in [1.807, 2.05) is 0 Å². The average Bonchev–Trinajstić information content (AvgIpc) is 1.89. The van der Waals surface area contributed by atoms with Crippen LogP contribution < -0.4 is 0 Å². The Morgan fingerprint density at radius 2 is 1.78 bits per heavy atom. The van der Waals surface area contributed by atoms with E-state index in [2.05, 4.69) is 4.29 Å². The number of ether oxygens (including phenoxy) is 2. The van der Waals surface area contributed by atoms with Crippen molar-refractivity contribution in [3.05, 3.63) is 0 Å². The molecule has 0 saturated carbocycles. The highest BCUT2D eigenvalue weighted by molar-refractivity contribution is 6.07. The predicted molar refractivity (Wildman–Crippen MR) is 34.5 cm³/mol. The Balaban J connectivity index is 2.60. The molecule has 0 rings (SSSR count). The molecule has 0 fully saturated rings. The van der Waals surface area contributed by atoms with E-state index < -0.39 is 0 Å². The van der Waals surface area contributed by atoms with Crippen LogP contribution in [0.15, 0.2) is 0 Å². The Morgan fingerprint density at radius 1 is 1.11 bits per heavy atom. The molecule has 0 aromatic carbocycles. The van der Waals surface area contributed by atoms with E-state index in [1.54, 1.807) is 7.11 Å². The number of rotatable bonds is 6. The minimum atomic E-state index is 0.422. The fourth-order valence-corrected chi connectivity index (χ4v) is 0.398. The Morgan fingerprint density at radius 3 is 2.33 bits per heavy atom. The summed E-state index contributed by atoms with van der Waals surface area (Å²) >= 11 is 4.90. The van der Waals surface area contributed by atoms with Crippen LogP contribution in [-0.2, 0) is 13.8 Å². The summed E-state index contributed by atoms with van der Waals surface area (Å²) in [6, 6.07) is 0. The summed E-state index contributed by atoms with van der Waals surface area (Å²) in [6.45, 7) is 2.15. The minimum Gasteiger partial charge on any atom is -0.382 e. The van der Waals surface area contributed by atoms with Crippen molar-refractivity contribution < 1.29 is 13.8 Å². The van der Waals surface area contributed by atoms with E-state index in [0.717, 1.165) is 0 Å². The molecule has 0 unspecified atom stereocenters. The van der Waals surface area contributed by atoms with Crippen molar-refractivity contribution in [3.63, 3.8) is 0 Å². The SMILES string of the molecule is COCCOCCOCl. The second-order valence-corrected chi connectivity index (χ2v) is 1.64. The Bertz CT molecular complexity index is 45.5. The van der Waals surface area contributed by atoms with Crippen molar-refractivity contribution in [2.75, 3.05) is 33.5 Å². The zero-order valence-corrected chi connectivity index (χ0v) is 6.19. The van der Waals surface area contributed by atoms with Crippen LogP contribution >= 0.6 is 11.9 Å². The van der Waals surface area contributed by atoms with Gasteiger partial charge in [0.15, 0.2) is 0 Å². The maximum atomic E-state index is 4.98. The van der Waals surface area contributed by atoms with Gasteiger partial charge >= 0.3 is 0 Å². The molecule has 0 aliphatic heterocycles. The lowest BCUT2D eigenvalue weighted by Gasteiger charge is -1.99. The molecular weight excluding hydrogens is 144 g/mol. The summed E-state index contributed by atoms with van der Waals surface area (Å²) in [4.78, 5) is 0. The average molecular weight is 155 g/mol. The number of methoxy groups -OCH3 is 1. The molecule has 4 heteroatoms. The van der Waals surface area contributed by atoms with E-state index in [-0.39, 0.29) is 0 Å². The van der Waals surface area contributed by atoms with Crippen LogP contribution in [0.5, 0.6) is 0 Å². The second kappa shape index (κ2) is 8.17. The van der Waals surface area contributed by atoms with E-state index in [1.165, 1.54) is 0 Å². The molecule has 0 aliphatic carbocycles. The summed E-state index contributed by atoms with van der Waals surface area (Å²) in [5.41, 5.74) is 0. The van der Waals surface area contributed by atoms with Crippen molar-refractivity contribution in [1.29, 1.82) is 0 Å². The van der Waals surface area contributed by atoms with E-state index in [9.17, 15) is 0 Å². The quantitative estimate of drug-likeness (QED) is 0.531. The lowest BCUT2D eigenvalue weighted by atomic mass is 10.7. The smallest absolute Gasteiger partial charge is 0.0916 e. The molecule has 0 aliphatic rings. The van der Waals surface area contributed by atoms with Gasteiger partial charge in [-0.2, -0.15) is 0 Å². The summed E-state index contributed by atoms with van der Waals surface area (Å²) in [6.07, 6.45) is 0. The summed E-state index contributed by atoms with van der Waals surface area (Å²) in [5, 5.41) is 0. The molecule has 56 valence electrons. The van der Waals surface area contributed by atoms with Gasteiger partial charge in [0.25, 0.3) is 0 Å². The van der Waals surface area contributed by atoms with Crippen LogP contribution in [0.25, 0.3) is 0 Å². The largest absolute Gasteiger partial charge is 0.382 e. The number of halogens is 1. The van der Waals surface area contributed by atoms with Crippen molar-refractivity contribution in [2.24, 2.45) is 0 Å². The zero-order chi connectivity index (χ0) is 6.95. The minimum absolute atomic E-state index is 0.422. The third-order valence-corrected chi connectivity index (χ3v) is 0.891. The number of hydrogen-bond acceptors (Lipinski definition) is 3. The van der Waals surface area contributed by atoms with Gasteiger partial charge in [0.2, 0.25) is 0 Å². The van der Waals surface area contributed by atoms with E-state index in [4.69, 9.17) is 21.3 Å². The van der Waals surface area contributed by atoms with Crippen molar-refractivity contribution in [2.45, 2.75) is 0 Å². The summed E-state index contributed by atoms with van der Waals surface area (Å²) in [7, 11) is 1.63. The molecule has 0 atom stereocenters. The third kappa shape index (κ3) is 8.17. The summed E-state index contributed by atoms with van der Waals surface area (Å²) in [5.74, 6) is 0. The standard InChI is InChI=1S/C5H11ClO3/c1-7-2-3-8-4-5-9-6/h2-5H2,1H3. The molecule has 0 aromatic rings. The predicted octanol–water partition coefficient (Wildman–Crippen LogP) is 0.820. The van der Waals surface area contributed by atoms with Crippen LogP contribution in [0, 0.1) is 0 Å². The number of hydrogen-bond donors (Lipinski definition) is 0. The van der Waals surface area contributed by atoms with Gasteiger partial charge in [-0.1, -0.05) is 0 Å². The molecule has 0 aromatic heterocycles. The van der Waals surface area contributed by atoms with Gasteiger partial charge in [-0.05, 0) is 0 Å². The van der Waals surface area contributed by atoms with Crippen molar-refractivity contribution in [3.8, 4) is 0 Å². The first-order chi connectivity index (χ1) is 4.41. The molecule has 3 nitrogen and oxygen atoms in total. The first kappa shape index (κ1) is 9.17. The van der Waals surface area contributed by atoms with Crippen LogP contribution in [0.3, 0.4) is 0 Å². The molecule has 0 N–H and O–H groups in total. The molecule has 0 saturated heterocycles. The first-order valence-corrected chi connectivity index (χ1v) is 3.03. The van der Waals surface area contributed by atoms with Crippen molar-refractivity contribution >= 4 is 11.9 Å². The van der Waals surface area contributed by atoms with Gasteiger partial charge in [0.1, 0.15) is 0 Å². The van der Waals surface area contributed by atoms with Crippen LogP contribution in [-0.4, -0.2) is 33.5 Å². The molecule has 0 heterocycles. The Kier molecular flexibility index (Phi) is 8.32. The Labute approximate surface area is 60.0 Å². The normalized spacial score (nSPS) is 10.0. The summed E-state index contributed by atoms with van der Waals surface area (Å²) < 4.78 is 13.9. The highest BCUT2D eigenvalue weighted by Crippen LogP contribution is 1.80. The monoisotopic (exact) mass is 154 g/mol. The van der Waals surface area contributed by atoms with E-state index >= 15 is 0 Å². The molecule has 0 bridgehead atoms. The van der Waals surface area contributed by atoms with Crippen LogP contribution in [0.4, 0.5) is 0 Å². The van der Waals surface area contributed by atoms with Crippen LogP contribution in [0.1, 0.15) is 0 Å². The second-order valence-electron chi connectivity index (χ2n) is 1.42. The van der Waals surface area contributed by atoms with Gasteiger partial charge in [0, 0.05) is 7.11 Å². The molecular formula is C5H11ClO3.